The average Bonchev–Trinajstić information content (AvgIpc) is 3.05. The van der Waals surface area contributed by atoms with E-state index in [4.69, 9.17) is 0 Å². The number of rotatable bonds is 9. The monoisotopic (exact) mass is 286 g/mol. The SMILES string of the molecule is CCCNCc1cn[nH]c1S(=O)(=O)NCCC1CC1. The molecule has 1 heterocycles. The zero-order chi connectivity index (χ0) is 13.7. The Bertz CT molecular complexity index is 494. The van der Waals surface area contributed by atoms with Gasteiger partial charge in [0.2, 0.25) is 0 Å². The van der Waals surface area contributed by atoms with Gasteiger partial charge >= 0.3 is 0 Å². The van der Waals surface area contributed by atoms with Crippen molar-refractivity contribution < 1.29 is 8.42 Å². The summed E-state index contributed by atoms with van der Waals surface area (Å²) in [6.45, 7) is 3.95. The molecule has 0 bridgehead atoms. The number of hydrogen-bond donors (Lipinski definition) is 3. The molecule has 108 valence electrons. The lowest BCUT2D eigenvalue weighted by molar-refractivity contribution is 0.568. The molecule has 7 heteroatoms. The van der Waals surface area contributed by atoms with Gasteiger partial charge < -0.3 is 5.32 Å². The van der Waals surface area contributed by atoms with Crippen molar-refractivity contribution in [1.29, 1.82) is 0 Å². The largest absolute Gasteiger partial charge is 0.313 e. The fraction of sp³-hybridized carbons (Fsp3) is 0.750. The highest BCUT2D eigenvalue weighted by molar-refractivity contribution is 7.89. The summed E-state index contributed by atoms with van der Waals surface area (Å²) in [4.78, 5) is 0. The minimum atomic E-state index is -3.46. The van der Waals surface area contributed by atoms with Crippen molar-refractivity contribution in [2.75, 3.05) is 13.1 Å². The summed E-state index contributed by atoms with van der Waals surface area (Å²) in [7, 11) is -3.46. The number of H-pyrrole nitrogens is 1. The van der Waals surface area contributed by atoms with Crippen molar-refractivity contribution in [2.24, 2.45) is 5.92 Å². The summed E-state index contributed by atoms with van der Waals surface area (Å²) >= 11 is 0. The molecule has 1 aliphatic carbocycles. The first-order valence-corrected chi connectivity index (χ1v) is 8.34. The van der Waals surface area contributed by atoms with Crippen molar-refractivity contribution in [3.05, 3.63) is 11.8 Å². The maximum Gasteiger partial charge on any atom is 0.257 e. The van der Waals surface area contributed by atoms with Crippen molar-refractivity contribution >= 4 is 10.0 Å². The lowest BCUT2D eigenvalue weighted by Crippen LogP contribution is -2.27. The van der Waals surface area contributed by atoms with Gasteiger partial charge in [0.05, 0.1) is 6.20 Å². The molecule has 0 spiro atoms. The molecule has 0 aliphatic heterocycles. The Morgan fingerprint density at radius 3 is 2.89 bits per heavy atom. The Kier molecular flexibility index (Phi) is 4.95. The first-order chi connectivity index (χ1) is 9.13. The highest BCUT2D eigenvalue weighted by Gasteiger charge is 2.24. The Hall–Kier alpha value is -0.920. The van der Waals surface area contributed by atoms with E-state index in [1.165, 1.54) is 12.8 Å². The maximum atomic E-state index is 12.1. The van der Waals surface area contributed by atoms with E-state index >= 15 is 0 Å². The summed E-state index contributed by atoms with van der Waals surface area (Å²) in [5, 5.41) is 9.79. The fourth-order valence-electron chi connectivity index (χ4n) is 1.93. The molecule has 1 saturated carbocycles. The number of sulfonamides is 1. The molecule has 19 heavy (non-hydrogen) atoms. The Morgan fingerprint density at radius 1 is 1.42 bits per heavy atom. The predicted octanol–water partition coefficient (Wildman–Crippen LogP) is 0.988. The van der Waals surface area contributed by atoms with Crippen LogP contribution in [-0.4, -0.2) is 31.7 Å². The summed E-state index contributed by atoms with van der Waals surface area (Å²) < 4.78 is 26.9. The second kappa shape index (κ2) is 6.49. The van der Waals surface area contributed by atoms with Crippen LogP contribution in [0.3, 0.4) is 0 Å². The minimum Gasteiger partial charge on any atom is -0.313 e. The van der Waals surface area contributed by atoms with Gasteiger partial charge in [-0.25, -0.2) is 13.1 Å². The molecule has 3 N–H and O–H groups in total. The van der Waals surface area contributed by atoms with Crippen LogP contribution in [0.5, 0.6) is 0 Å². The third kappa shape index (κ3) is 4.29. The third-order valence-electron chi connectivity index (χ3n) is 3.23. The van der Waals surface area contributed by atoms with Crippen LogP contribution in [0.2, 0.25) is 0 Å². The molecule has 0 unspecified atom stereocenters. The van der Waals surface area contributed by atoms with E-state index in [9.17, 15) is 8.42 Å². The maximum absolute atomic E-state index is 12.1. The van der Waals surface area contributed by atoms with Crippen molar-refractivity contribution in [3.63, 3.8) is 0 Å². The molecule has 0 aromatic carbocycles. The van der Waals surface area contributed by atoms with Crippen LogP contribution in [0.15, 0.2) is 11.2 Å². The van der Waals surface area contributed by atoms with Gasteiger partial charge in [-0.1, -0.05) is 19.8 Å². The number of nitrogens with one attached hydrogen (secondary N) is 3. The number of hydrogen-bond acceptors (Lipinski definition) is 4. The summed E-state index contributed by atoms with van der Waals surface area (Å²) in [6.07, 6.45) is 5.98. The van der Waals surface area contributed by atoms with Crippen LogP contribution in [0.4, 0.5) is 0 Å². The smallest absolute Gasteiger partial charge is 0.257 e. The van der Waals surface area contributed by atoms with Gasteiger partial charge in [0.1, 0.15) is 0 Å². The van der Waals surface area contributed by atoms with Gasteiger partial charge in [0.15, 0.2) is 5.03 Å². The minimum absolute atomic E-state index is 0.187. The van der Waals surface area contributed by atoms with E-state index in [2.05, 4.69) is 27.2 Å². The fourth-order valence-corrected chi connectivity index (χ4v) is 3.11. The molecule has 0 radical (unpaired) electrons. The zero-order valence-corrected chi connectivity index (χ0v) is 12.1. The van der Waals surface area contributed by atoms with E-state index in [1.54, 1.807) is 6.20 Å². The normalized spacial score (nSPS) is 15.8. The van der Waals surface area contributed by atoms with Crippen LogP contribution < -0.4 is 10.0 Å². The summed E-state index contributed by atoms with van der Waals surface area (Å²) in [5.74, 6) is 0.718. The number of aromatic nitrogens is 2. The van der Waals surface area contributed by atoms with Gasteiger partial charge in [-0.3, -0.25) is 5.10 Å². The lowest BCUT2D eigenvalue weighted by Gasteiger charge is -2.07. The molecule has 1 aromatic rings. The van der Waals surface area contributed by atoms with Crippen LogP contribution in [0, 0.1) is 5.92 Å². The molecule has 0 saturated heterocycles. The second-order valence-electron chi connectivity index (χ2n) is 5.03. The molecular formula is C12H22N4O2S. The Labute approximate surface area is 114 Å². The zero-order valence-electron chi connectivity index (χ0n) is 11.3. The van der Waals surface area contributed by atoms with E-state index in [-0.39, 0.29) is 5.03 Å². The molecule has 0 amide bonds. The van der Waals surface area contributed by atoms with Gasteiger partial charge in [0, 0.05) is 18.7 Å². The molecule has 0 atom stereocenters. The lowest BCUT2D eigenvalue weighted by atomic mass is 10.3. The average molecular weight is 286 g/mol. The van der Waals surface area contributed by atoms with Crippen LogP contribution >= 0.6 is 0 Å². The van der Waals surface area contributed by atoms with E-state index in [1.807, 2.05) is 0 Å². The molecule has 1 aromatic heterocycles. The molecule has 1 fully saturated rings. The Morgan fingerprint density at radius 2 is 2.21 bits per heavy atom. The quantitative estimate of drug-likeness (QED) is 0.591. The Balaban J connectivity index is 1.92. The van der Waals surface area contributed by atoms with E-state index in [0.29, 0.717) is 18.7 Å². The van der Waals surface area contributed by atoms with Gasteiger partial charge in [-0.05, 0) is 25.3 Å². The van der Waals surface area contributed by atoms with Crippen LogP contribution in [-0.2, 0) is 16.6 Å². The molecule has 1 aliphatic rings. The summed E-state index contributed by atoms with van der Waals surface area (Å²) in [5.41, 5.74) is 0.687. The first kappa shape index (κ1) is 14.5. The summed E-state index contributed by atoms with van der Waals surface area (Å²) in [6, 6.07) is 0. The van der Waals surface area contributed by atoms with E-state index < -0.39 is 10.0 Å². The second-order valence-corrected chi connectivity index (χ2v) is 6.73. The van der Waals surface area contributed by atoms with Gasteiger partial charge in [0.25, 0.3) is 10.0 Å². The molecule has 2 rings (SSSR count). The van der Waals surface area contributed by atoms with Crippen molar-refractivity contribution in [2.45, 2.75) is 44.2 Å². The highest BCUT2D eigenvalue weighted by atomic mass is 32.2. The molecular weight excluding hydrogens is 264 g/mol. The van der Waals surface area contributed by atoms with Gasteiger partial charge in [-0.15, -0.1) is 0 Å². The van der Waals surface area contributed by atoms with Crippen LogP contribution in [0.1, 0.15) is 38.2 Å². The van der Waals surface area contributed by atoms with E-state index in [0.717, 1.165) is 25.3 Å². The van der Waals surface area contributed by atoms with Crippen LogP contribution in [0.25, 0.3) is 0 Å². The molecule has 6 nitrogen and oxygen atoms in total. The predicted molar refractivity (Wildman–Crippen MR) is 73.1 cm³/mol. The highest BCUT2D eigenvalue weighted by Crippen LogP contribution is 2.31. The number of nitrogens with zero attached hydrogens (tertiary/aromatic N) is 1. The first-order valence-electron chi connectivity index (χ1n) is 6.86. The van der Waals surface area contributed by atoms with Gasteiger partial charge in [-0.2, -0.15) is 5.10 Å². The number of aromatic amines is 1. The third-order valence-corrected chi connectivity index (χ3v) is 4.71. The van der Waals surface area contributed by atoms with Crippen molar-refractivity contribution in [3.8, 4) is 0 Å². The van der Waals surface area contributed by atoms with Crippen molar-refractivity contribution in [1.82, 2.24) is 20.2 Å². The topological polar surface area (TPSA) is 86.9 Å². The standard InChI is InChI=1S/C12H22N4O2S/c1-2-6-13-8-11-9-14-16-12(11)19(17,18)15-7-5-10-3-4-10/h9-10,13,15H,2-8H2,1H3,(H,14,16).